The monoisotopic (exact) mass is 308 g/mol. The molecule has 1 aromatic heterocycles. The van der Waals surface area contributed by atoms with Gasteiger partial charge in [-0.2, -0.15) is 9.97 Å². The molecule has 0 aliphatic heterocycles. The van der Waals surface area contributed by atoms with E-state index in [-0.39, 0.29) is 16.9 Å². The Kier molecular flexibility index (Phi) is 4.83. The quantitative estimate of drug-likeness (QED) is 0.841. The van der Waals surface area contributed by atoms with Crippen LogP contribution < -0.4 is 20.1 Å². The van der Waals surface area contributed by atoms with Crippen molar-refractivity contribution < 1.29 is 13.9 Å². The van der Waals surface area contributed by atoms with Gasteiger partial charge in [0, 0.05) is 5.69 Å². The summed E-state index contributed by atoms with van der Waals surface area (Å²) in [7, 11) is 2.97. The van der Waals surface area contributed by atoms with Gasteiger partial charge in [-0.3, -0.25) is 0 Å². The Hall–Kier alpha value is -2.48. The molecule has 0 saturated heterocycles. The first kappa shape index (κ1) is 14.9. The summed E-state index contributed by atoms with van der Waals surface area (Å²) in [6, 6.07) is 7.33. The second kappa shape index (κ2) is 6.80. The van der Waals surface area contributed by atoms with Crippen molar-refractivity contribution in [2.75, 3.05) is 24.9 Å². The molecule has 0 atom stereocenters. The molecule has 0 aliphatic rings. The molecule has 110 valence electrons. The molecule has 6 nitrogen and oxygen atoms in total. The van der Waals surface area contributed by atoms with Crippen LogP contribution >= 0.6 is 12.2 Å². The van der Waals surface area contributed by atoms with Crippen LogP contribution in [0.5, 0.6) is 11.8 Å². The van der Waals surface area contributed by atoms with Crippen LogP contribution in [0.3, 0.4) is 0 Å². The number of anilines is 2. The van der Waals surface area contributed by atoms with E-state index in [0.29, 0.717) is 17.4 Å². The highest BCUT2D eigenvalue weighted by Crippen LogP contribution is 2.17. The molecule has 0 fully saturated rings. The summed E-state index contributed by atoms with van der Waals surface area (Å²) >= 11 is 5.13. The molecule has 21 heavy (non-hydrogen) atoms. The van der Waals surface area contributed by atoms with E-state index in [9.17, 15) is 4.39 Å². The Morgan fingerprint density at radius 3 is 2.14 bits per heavy atom. The molecule has 0 spiro atoms. The molecule has 1 heterocycles. The standard InChI is InChI=1S/C13H13FN4O2S/c1-19-10-7-11(20-2)17-12(16-10)18-13(21)15-9-5-3-8(14)4-6-9/h3-7H,1-2H3,(H2,15,16,17,18,21). The largest absolute Gasteiger partial charge is 0.481 e. The Bertz CT molecular complexity index is 614. The molecular weight excluding hydrogens is 295 g/mol. The zero-order chi connectivity index (χ0) is 15.2. The predicted molar refractivity (Wildman–Crippen MR) is 81.4 cm³/mol. The van der Waals surface area contributed by atoms with Gasteiger partial charge in [0.05, 0.1) is 20.3 Å². The van der Waals surface area contributed by atoms with Crippen molar-refractivity contribution in [1.82, 2.24) is 9.97 Å². The first-order chi connectivity index (χ1) is 10.1. The van der Waals surface area contributed by atoms with Crippen LogP contribution in [0, 0.1) is 5.82 Å². The summed E-state index contributed by atoms with van der Waals surface area (Å²) in [6.45, 7) is 0. The highest BCUT2D eigenvalue weighted by Gasteiger charge is 2.07. The minimum Gasteiger partial charge on any atom is -0.481 e. The third-order valence-electron chi connectivity index (χ3n) is 2.42. The summed E-state index contributed by atoms with van der Waals surface area (Å²) in [6.07, 6.45) is 0. The van der Waals surface area contributed by atoms with Crippen molar-refractivity contribution >= 4 is 29.0 Å². The lowest BCUT2D eigenvalue weighted by atomic mass is 10.3. The molecule has 2 rings (SSSR count). The lowest BCUT2D eigenvalue weighted by Gasteiger charge is -2.10. The van der Waals surface area contributed by atoms with Gasteiger partial charge in [-0.1, -0.05) is 0 Å². The van der Waals surface area contributed by atoms with Gasteiger partial charge >= 0.3 is 0 Å². The smallest absolute Gasteiger partial charge is 0.235 e. The Morgan fingerprint density at radius 2 is 1.62 bits per heavy atom. The number of rotatable bonds is 4. The average molecular weight is 308 g/mol. The Morgan fingerprint density at radius 1 is 1.05 bits per heavy atom. The van der Waals surface area contributed by atoms with Gasteiger partial charge in [-0.15, -0.1) is 0 Å². The summed E-state index contributed by atoms with van der Waals surface area (Å²) in [5.41, 5.74) is 0.642. The topological polar surface area (TPSA) is 68.3 Å². The van der Waals surface area contributed by atoms with Gasteiger partial charge < -0.3 is 20.1 Å². The summed E-state index contributed by atoms with van der Waals surface area (Å²) < 4.78 is 22.9. The van der Waals surface area contributed by atoms with Crippen molar-refractivity contribution in [3.8, 4) is 11.8 Å². The fourth-order valence-electron chi connectivity index (χ4n) is 1.47. The normalized spacial score (nSPS) is 9.86. The van der Waals surface area contributed by atoms with E-state index in [1.807, 2.05) is 0 Å². The minimum absolute atomic E-state index is 0.228. The summed E-state index contributed by atoms with van der Waals surface area (Å²) in [5, 5.41) is 5.94. The van der Waals surface area contributed by atoms with Crippen LogP contribution in [0.25, 0.3) is 0 Å². The summed E-state index contributed by atoms with van der Waals surface area (Å²) in [5.74, 6) is 0.592. The van der Waals surface area contributed by atoms with Gasteiger partial charge in [0.1, 0.15) is 5.82 Å². The maximum Gasteiger partial charge on any atom is 0.235 e. The number of nitrogens with zero attached hydrogens (tertiary/aromatic N) is 2. The van der Waals surface area contributed by atoms with Crippen molar-refractivity contribution in [2.45, 2.75) is 0 Å². The lowest BCUT2D eigenvalue weighted by Crippen LogP contribution is -2.20. The first-order valence-electron chi connectivity index (χ1n) is 5.91. The van der Waals surface area contributed by atoms with E-state index in [4.69, 9.17) is 21.7 Å². The Balaban J connectivity index is 2.06. The highest BCUT2D eigenvalue weighted by atomic mass is 32.1. The van der Waals surface area contributed by atoms with Crippen LogP contribution in [-0.2, 0) is 0 Å². The third kappa shape index (κ3) is 4.25. The second-order valence-electron chi connectivity index (χ2n) is 3.86. The maximum atomic E-state index is 12.8. The molecule has 0 bridgehead atoms. The van der Waals surface area contributed by atoms with Crippen LogP contribution in [0.4, 0.5) is 16.0 Å². The Labute approximate surface area is 126 Å². The molecule has 1 aromatic carbocycles. The molecule has 0 aliphatic carbocycles. The number of benzene rings is 1. The van der Waals surface area contributed by atoms with Gasteiger partial charge in [0.2, 0.25) is 17.7 Å². The zero-order valence-electron chi connectivity index (χ0n) is 11.4. The minimum atomic E-state index is -0.319. The van der Waals surface area contributed by atoms with Gasteiger partial charge in [0.15, 0.2) is 5.11 Å². The van der Waals surface area contributed by atoms with E-state index in [1.54, 1.807) is 18.2 Å². The lowest BCUT2D eigenvalue weighted by molar-refractivity contribution is 0.373. The van der Waals surface area contributed by atoms with Crippen LogP contribution in [0.2, 0.25) is 0 Å². The van der Waals surface area contributed by atoms with Crippen molar-refractivity contribution in [1.29, 1.82) is 0 Å². The molecule has 0 unspecified atom stereocenters. The van der Waals surface area contributed by atoms with Crippen LogP contribution in [0.1, 0.15) is 0 Å². The number of methoxy groups -OCH3 is 2. The fraction of sp³-hybridized carbons (Fsp3) is 0.154. The van der Waals surface area contributed by atoms with Crippen molar-refractivity contribution in [2.24, 2.45) is 0 Å². The van der Waals surface area contributed by atoms with E-state index in [2.05, 4.69) is 20.6 Å². The molecule has 2 aromatic rings. The average Bonchev–Trinajstić information content (AvgIpc) is 2.49. The maximum absolute atomic E-state index is 12.8. The number of halogens is 1. The molecule has 2 N–H and O–H groups in total. The molecular formula is C13H13FN4O2S. The van der Waals surface area contributed by atoms with E-state index in [1.165, 1.54) is 26.4 Å². The fourth-order valence-corrected chi connectivity index (χ4v) is 1.68. The van der Waals surface area contributed by atoms with Crippen molar-refractivity contribution in [3.63, 3.8) is 0 Å². The molecule has 0 saturated carbocycles. The number of hydrogen-bond acceptors (Lipinski definition) is 5. The molecule has 8 heteroatoms. The number of hydrogen-bond donors (Lipinski definition) is 2. The van der Waals surface area contributed by atoms with E-state index < -0.39 is 0 Å². The van der Waals surface area contributed by atoms with Gasteiger partial charge in [-0.05, 0) is 36.5 Å². The van der Waals surface area contributed by atoms with Gasteiger partial charge in [-0.25, -0.2) is 4.39 Å². The number of thiocarbonyl (C=S) groups is 1. The van der Waals surface area contributed by atoms with Crippen molar-refractivity contribution in [3.05, 3.63) is 36.1 Å². The zero-order valence-corrected chi connectivity index (χ0v) is 12.2. The summed E-state index contributed by atoms with van der Waals surface area (Å²) in [4.78, 5) is 8.17. The predicted octanol–water partition coefficient (Wildman–Crippen LogP) is 2.44. The molecule has 0 amide bonds. The second-order valence-corrected chi connectivity index (χ2v) is 4.27. The number of aromatic nitrogens is 2. The first-order valence-corrected chi connectivity index (χ1v) is 6.32. The van der Waals surface area contributed by atoms with E-state index >= 15 is 0 Å². The highest BCUT2D eigenvalue weighted by molar-refractivity contribution is 7.80. The molecule has 0 radical (unpaired) electrons. The number of nitrogens with one attached hydrogen (secondary N) is 2. The van der Waals surface area contributed by atoms with Crippen LogP contribution in [-0.4, -0.2) is 29.3 Å². The van der Waals surface area contributed by atoms with Gasteiger partial charge in [0.25, 0.3) is 0 Å². The van der Waals surface area contributed by atoms with E-state index in [0.717, 1.165) is 0 Å². The van der Waals surface area contributed by atoms with Crippen LogP contribution in [0.15, 0.2) is 30.3 Å². The third-order valence-corrected chi connectivity index (χ3v) is 2.63. The SMILES string of the molecule is COc1cc(OC)nc(NC(=S)Nc2ccc(F)cc2)n1. The number of ether oxygens (including phenoxy) is 2.